The van der Waals surface area contributed by atoms with Crippen LogP contribution in [0.1, 0.15) is 38.3 Å². The maximum absolute atomic E-state index is 12.7. The molecule has 1 aliphatic carbocycles. The van der Waals surface area contributed by atoms with Gasteiger partial charge in [-0.15, -0.1) is 0 Å². The zero-order chi connectivity index (χ0) is 16.4. The first-order chi connectivity index (χ1) is 11.0. The van der Waals surface area contributed by atoms with Crippen LogP contribution in [-0.2, 0) is 10.0 Å². The topological polar surface area (TPSA) is 64.0 Å². The molecule has 1 saturated carbocycles. The maximum atomic E-state index is 12.7. The lowest BCUT2D eigenvalue weighted by Crippen LogP contribution is -2.41. The van der Waals surface area contributed by atoms with Gasteiger partial charge in [-0.1, -0.05) is 38.0 Å². The molecule has 1 fully saturated rings. The van der Waals surface area contributed by atoms with Crippen molar-refractivity contribution >= 4 is 10.0 Å². The van der Waals surface area contributed by atoms with Crippen molar-refractivity contribution in [2.24, 2.45) is 5.92 Å². The maximum Gasteiger partial charge on any atom is 0.244 e. The Hall–Kier alpha value is -1.66. The van der Waals surface area contributed by atoms with Crippen molar-refractivity contribution < 1.29 is 8.42 Å². The van der Waals surface area contributed by atoms with Crippen LogP contribution in [0.5, 0.6) is 0 Å². The van der Waals surface area contributed by atoms with Crippen molar-refractivity contribution in [1.29, 1.82) is 0 Å². The lowest BCUT2D eigenvalue weighted by atomic mass is 9.87. The molecular weight excluding hydrogens is 310 g/mol. The summed E-state index contributed by atoms with van der Waals surface area (Å²) < 4.78 is 30.0. The average molecular weight is 333 g/mol. The molecule has 0 spiro atoms. The zero-order valence-corrected chi connectivity index (χ0v) is 14.4. The summed E-state index contributed by atoms with van der Waals surface area (Å²) >= 11 is 0. The third-order valence-electron chi connectivity index (χ3n) is 4.58. The summed E-state index contributed by atoms with van der Waals surface area (Å²) in [4.78, 5) is 0.263. The lowest BCUT2D eigenvalue weighted by molar-refractivity contribution is 0.310. The summed E-state index contributed by atoms with van der Waals surface area (Å²) in [5.41, 5.74) is 1.37. The second-order valence-corrected chi connectivity index (χ2v) is 8.03. The standard InChI is InChI=1S/C17H23N3O2S/c1-13-8-6-7-11-16(13)19-23(21,22)17-12-20(18-14(17)2)15-9-4-3-5-10-15/h3-5,9-10,12-13,16,19H,6-8,11H2,1-2H3. The summed E-state index contributed by atoms with van der Waals surface area (Å²) in [5.74, 6) is 0.378. The number of nitrogens with zero attached hydrogens (tertiary/aromatic N) is 2. The highest BCUT2D eigenvalue weighted by molar-refractivity contribution is 7.89. The van der Waals surface area contributed by atoms with Crippen LogP contribution in [-0.4, -0.2) is 24.2 Å². The number of benzene rings is 1. The first-order valence-electron chi connectivity index (χ1n) is 8.11. The van der Waals surface area contributed by atoms with E-state index in [2.05, 4.69) is 16.7 Å². The summed E-state index contributed by atoms with van der Waals surface area (Å²) in [6, 6.07) is 9.56. The van der Waals surface area contributed by atoms with Crippen LogP contribution in [0.15, 0.2) is 41.4 Å². The number of aryl methyl sites for hydroxylation is 1. The number of nitrogens with one attached hydrogen (secondary N) is 1. The van der Waals surface area contributed by atoms with Gasteiger partial charge in [-0.05, 0) is 37.8 Å². The molecule has 23 heavy (non-hydrogen) atoms. The van der Waals surface area contributed by atoms with E-state index in [0.29, 0.717) is 11.6 Å². The summed E-state index contributed by atoms with van der Waals surface area (Å²) in [7, 11) is -3.54. The van der Waals surface area contributed by atoms with Crippen molar-refractivity contribution in [1.82, 2.24) is 14.5 Å². The second kappa shape index (κ2) is 6.45. The highest BCUT2D eigenvalue weighted by atomic mass is 32.2. The van der Waals surface area contributed by atoms with Crippen LogP contribution < -0.4 is 4.72 Å². The molecular formula is C17H23N3O2S. The van der Waals surface area contributed by atoms with E-state index in [0.717, 1.165) is 24.9 Å². The van der Waals surface area contributed by atoms with E-state index in [-0.39, 0.29) is 10.9 Å². The molecule has 3 rings (SSSR count). The zero-order valence-electron chi connectivity index (χ0n) is 13.6. The second-order valence-electron chi connectivity index (χ2n) is 6.35. The Kier molecular flexibility index (Phi) is 4.55. The van der Waals surface area contributed by atoms with Crippen LogP contribution in [0, 0.1) is 12.8 Å². The Morgan fingerprint density at radius 3 is 2.57 bits per heavy atom. The smallest absolute Gasteiger partial charge is 0.239 e. The Bertz CT molecular complexity index is 768. The van der Waals surface area contributed by atoms with E-state index < -0.39 is 10.0 Å². The first-order valence-corrected chi connectivity index (χ1v) is 9.60. The average Bonchev–Trinajstić information content (AvgIpc) is 2.93. The molecule has 124 valence electrons. The molecule has 1 N–H and O–H groups in total. The molecule has 2 unspecified atom stereocenters. The highest BCUT2D eigenvalue weighted by Gasteiger charge is 2.28. The Balaban J connectivity index is 1.87. The molecule has 1 aromatic carbocycles. The molecule has 1 aromatic heterocycles. The van der Waals surface area contributed by atoms with Crippen LogP contribution in [0.3, 0.4) is 0 Å². The fraction of sp³-hybridized carbons (Fsp3) is 0.471. The molecule has 1 heterocycles. The van der Waals surface area contributed by atoms with E-state index in [1.807, 2.05) is 30.3 Å². The number of aromatic nitrogens is 2. The van der Waals surface area contributed by atoms with Crippen molar-refractivity contribution in [3.63, 3.8) is 0 Å². The van der Waals surface area contributed by atoms with Gasteiger partial charge in [0.1, 0.15) is 4.90 Å². The summed E-state index contributed by atoms with van der Waals surface area (Å²) in [5, 5.41) is 4.36. The molecule has 6 heteroatoms. The number of rotatable bonds is 4. The van der Waals surface area contributed by atoms with Crippen molar-refractivity contribution in [3.05, 3.63) is 42.2 Å². The Labute approximate surface area is 137 Å². The molecule has 0 amide bonds. The number of hydrogen-bond donors (Lipinski definition) is 1. The van der Waals surface area contributed by atoms with E-state index in [1.54, 1.807) is 17.8 Å². The highest BCUT2D eigenvalue weighted by Crippen LogP contribution is 2.26. The van der Waals surface area contributed by atoms with Gasteiger partial charge in [0, 0.05) is 6.04 Å². The molecule has 2 atom stereocenters. The normalized spacial score (nSPS) is 22.2. The number of para-hydroxylation sites is 1. The third kappa shape index (κ3) is 3.48. The van der Waals surface area contributed by atoms with Gasteiger partial charge in [-0.25, -0.2) is 17.8 Å². The largest absolute Gasteiger partial charge is 0.244 e. The van der Waals surface area contributed by atoms with Crippen LogP contribution in [0.2, 0.25) is 0 Å². The van der Waals surface area contributed by atoms with E-state index in [1.165, 1.54) is 6.42 Å². The SMILES string of the molecule is Cc1nn(-c2ccccc2)cc1S(=O)(=O)NC1CCCCC1C. The van der Waals surface area contributed by atoms with Gasteiger partial charge >= 0.3 is 0 Å². The van der Waals surface area contributed by atoms with Gasteiger partial charge in [-0.2, -0.15) is 5.10 Å². The minimum absolute atomic E-state index is 0.0215. The first kappa shape index (κ1) is 16.2. The fourth-order valence-corrected chi connectivity index (χ4v) is 4.72. The summed E-state index contributed by atoms with van der Waals surface area (Å²) in [6.45, 7) is 3.85. The van der Waals surface area contributed by atoms with E-state index in [9.17, 15) is 8.42 Å². The van der Waals surface area contributed by atoms with Gasteiger partial charge in [0.05, 0.1) is 17.6 Å². The van der Waals surface area contributed by atoms with Gasteiger partial charge in [-0.3, -0.25) is 0 Å². The van der Waals surface area contributed by atoms with Crippen molar-refractivity contribution in [3.8, 4) is 5.69 Å². The fourth-order valence-electron chi connectivity index (χ4n) is 3.18. The van der Waals surface area contributed by atoms with E-state index in [4.69, 9.17) is 0 Å². The lowest BCUT2D eigenvalue weighted by Gasteiger charge is -2.29. The van der Waals surface area contributed by atoms with Gasteiger partial charge in [0.25, 0.3) is 0 Å². The Morgan fingerprint density at radius 2 is 1.87 bits per heavy atom. The number of sulfonamides is 1. The monoisotopic (exact) mass is 333 g/mol. The molecule has 1 aliphatic rings. The molecule has 0 radical (unpaired) electrons. The van der Waals surface area contributed by atoms with Crippen LogP contribution >= 0.6 is 0 Å². The van der Waals surface area contributed by atoms with Crippen molar-refractivity contribution in [2.45, 2.75) is 50.5 Å². The van der Waals surface area contributed by atoms with Crippen molar-refractivity contribution in [2.75, 3.05) is 0 Å². The van der Waals surface area contributed by atoms with Gasteiger partial charge in [0.15, 0.2) is 0 Å². The predicted molar refractivity (Wildman–Crippen MR) is 90.0 cm³/mol. The number of hydrogen-bond acceptors (Lipinski definition) is 3. The minimum Gasteiger partial charge on any atom is -0.239 e. The predicted octanol–water partition coefficient (Wildman–Crippen LogP) is 3.04. The molecule has 0 aliphatic heterocycles. The quantitative estimate of drug-likeness (QED) is 0.935. The molecule has 5 nitrogen and oxygen atoms in total. The molecule has 0 saturated heterocycles. The molecule has 2 aromatic rings. The Morgan fingerprint density at radius 1 is 1.17 bits per heavy atom. The minimum atomic E-state index is -3.54. The van der Waals surface area contributed by atoms with Crippen LogP contribution in [0.25, 0.3) is 5.69 Å². The molecule has 0 bridgehead atoms. The van der Waals surface area contributed by atoms with E-state index >= 15 is 0 Å². The van der Waals surface area contributed by atoms with Gasteiger partial charge in [0.2, 0.25) is 10.0 Å². The third-order valence-corrected chi connectivity index (χ3v) is 6.18. The van der Waals surface area contributed by atoms with Crippen LogP contribution in [0.4, 0.5) is 0 Å². The summed E-state index contributed by atoms with van der Waals surface area (Å²) in [6.07, 6.45) is 5.85. The van der Waals surface area contributed by atoms with Gasteiger partial charge < -0.3 is 0 Å².